The molecule has 1 fully saturated rings. The van der Waals surface area contributed by atoms with Crippen LogP contribution in [0.3, 0.4) is 0 Å². The molecule has 2 aromatic rings. The van der Waals surface area contributed by atoms with Crippen LogP contribution in [0.2, 0.25) is 5.02 Å². The van der Waals surface area contributed by atoms with E-state index in [-0.39, 0.29) is 11.9 Å². The number of nitrogens with one attached hydrogen (secondary N) is 1. The molecule has 0 bridgehead atoms. The number of halogens is 1. The van der Waals surface area contributed by atoms with Gasteiger partial charge in [-0.3, -0.25) is 9.69 Å². The lowest BCUT2D eigenvalue weighted by Crippen LogP contribution is -2.51. The topological polar surface area (TPSA) is 52.6 Å². The molecule has 23 heavy (non-hydrogen) atoms. The maximum absolute atomic E-state index is 12.3. The average Bonchev–Trinajstić information content (AvgIpc) is 2.56. The largest absolute Gasteiger partial charge is 0.387 e. The van der Waals surface area contributed by atoms with Crippen LogP contribution in [0, 0.1) is 0 Å². The number of piperazine rings is 1. The molecule has 1 heterocycles. The van der Waals surface area contributed by atoms with Crippen molar-refractivity contribution < 1.29 is 9.90 Å². The minimum atomic E-state index is -0.735. The zero-order valence-corrected chi connectivity index (χ0v) is 13.4. The van der Waals surface area contributed by atoms with E-state index in [1.54, 1.807) is 6.07 Å². The highest BCUT2D eigenvalue weighted by Crippen LogP contribution is 2.28. The van der Waals surface area contributed by atoms with E-state index < -0.39 is 6.10 Å². The Labute approximate surface area is 140 Å². The first-order chi connectivity index (χ1) is 11.2. The van der Waals surface area contributed by atoms with Crippen molar-refractivity contribution >= 4 is 17.5 Å². The third kappa shape index (κ3) is 3.55. The summed E-state index contributed by atoms with van der Waals surface area (Å²) in [7, 11) is 0. The van der Waals surface area contributed by atoms with Crippen LogP contribution in [-0.4, -0.2) is 35.5 Å². The van der Waals surface area contributed by atoms with Crippen LogP contribution in [0.25, 0.3) is 0 Å². The van der Waals surface area contributed by atoms with E-state index in [4.69, 9.17) is 11.6 Å². The number of nitrogens with zero attached hydrogens (tertiary/aromatic N) is 1. The van der Waals surface area contributed by atoms with Crippen molar-refractivity contribution in [3.63, 3.8) is 0 Å². The predicted molar refractivity (Wildman–Crippen MR) is 90.2 cm³/mol. The molecule has 5 heteroatoms. The SMILES string of the molecule is O=C1NCCN(CC(O)c2ccccc2Cl)C1c1ccccc1. The van der Waals surface area contributed by atoms with E-state index in [0.29, 0.717) is 30.2 Å². The number of amides is 1. The lowest BCUT2D eigenvalue weighted by molar-refractivity contribution is -0.130. The molecule has 2 unspecified atom stereocenters. The Morgan fingerprint density at radius 1 is 1.17 bits per heavy atom. The van der Waals surface area contributed by atoms with Gasteiger partial charge in [0.1, 0.15) is 6.04 Å². The van der Waals surface area contributed by atoms with Crippen LogP contribution in [0.5, 0.6) is 0 Å². The number of carbonyl (C=O) groups excluding carboxylic acids is 1. The van der Waals surface area contributed by atoms with Crippen molar-refractivity contribution in [2.45, 2.75) is 12.1 Å². The minimum absolute atomic E-state index is 0.0335. The Hall–Kier alpha value is -1.88. The molecule has 0 aliphatic carbocycles. The fraction of sp³-hybridized carbons (Fsp3) is 0.278. The van der Waals surface area contributed by atoms with Crippen molar-refractivity contribution in [1.29, 1.82) is 0 Å². The smallest absolute Gasteiger partial charge is 0.242 e. The van der Waals surface area contributed by atoms with E-state index in [9.17, 15) is 9.90 Å². The molecule has 0 saturated carbocycles. The van der Waals surface area contributed by atoms with Crippen LogP contribution in [0.15, 0.2) is 54.6 Å². The van der Waals surface area contributed by atoms with Gasteiger partial charge in [-0.1, -0.05) is 60.1 Å². The minimum Gasteiger partial charge on any atom is -0.387 e. The number of carbonyl (C=O) groups is 1. The summed E-state index contributed by atoms with van der Waals surface area (Å²) < 4.78 is 0. The molecule has 0 aromatic heterocycles. The maximum atomic E-state index is 12.3. The fourth-order valence-electron chi connectivity index (χ4n) is 2.97. The van der Waals surface area contributed by atoms with Gasteiger partial charge in [0.2, 0.25) is 5.91 Å². The van der Waals surface area contributed by atoms with Gasteiger partial charge in [0.15, 0.2) is 0 Å². The van der Waals surface area contributed by atoms with E-state index in [0.717, 1.165) is 5.56 Å². The summed E-state index contributed by atoms with van der Waals surface area (Å²) in [6.45, 7) is 1.63. The summed E-state index contributed by atoms with van der Waals surface area (Å²) >= 11 is 6.16. The van der Waals surface area contributed by atoms with Gasteiger partial charge in [0.05, 0.1) is 6.10 Å². The highest BCUT2D eigenvalue weighted by atomic mass is 35.5. The number of aliphatic hydroxyl groups is 1. The summed E-state index contributed by atoms with van der Waals surface area (Å²) in [5.41, 5.74) is 1.61. The van der Waals surface area contributed by atoms with Crippen LogP contribution in [0.4, 0.5) is 0 Å². The van der Waals surface area contributed by atoms with Crippen molar-refractivity contribution in [2.24, 2.45) is 0 Å². The Kier molecular flexibility index (Phi) is 4.96. The van der Waals surface area contributed by atoms with Gasteiger partial charge in [-0.15, -0.1) is 0 Å². The summed E-state index contributed by atoms with van der Waals surface area (Å²) in [6, 6.07) is 16.5. The normalized spacial score (nSPS) is 20.1. The molecule has 2 N–H and O–H groups in total. The van der Waals surface area contributed by atoms with Crippen molar-refractivity contribution in [2.75, 3.05) is 19.6 Å². The highest BCUT2D eigenvalue weighted by molar-refractivity contribution is 6.31. The maximum Gasteiger partial charge on any atom is 0.242 e. The van der Waals surface area contributed by atoms with E-state index in [1.807, 2.05) is 53.4 Å². The summed E-state index contributed by atoms with van der Waals surface area (Å²) in [5, 5.41) is 14.0. The molecule has 1 amide bonds. The number of hydrogen-bond acceptors (Lipinski definition) is 3. The summed E-state index contributed by atoms with van der Waals surface area (Å²) in [4.78, 5) is 14.3. The van der Waals surface area contributed by atoms with Gasteiger partial charge in [0, 0.05) is 30.2 Å². The zero-order chi connectivity index (χ0) is 16.2. The predicted octanol–water partition coefficient (Wildman–Crippen LogP) is 2.55. The molecule has 1 aliphatic heterocycles. The van der Waals surface area contributed by atoms with Gasteiger partial charge >= 0.3 is 0 Å². The highest BCUT2D eigenvalue weighted by Gasteiger charge is 2.32. The van der Waals surface area contributed by atoms with Crippen LogP contribution >= 0.6 is 11.6 Å². The third-order valence-corrected chi connectivity index (χ3v) is 4.44. The van der Waals surface area contributed by atoms with E-state index in [2.05, 4.69) is 5.32 Å². The Balaban J connectivity index is 1.82. The monoisotopic (exact) mass is 330 g/mol. The molecule has 0 radical (unpaired) electrons. The van der Waals surface area contributed by atoms with Crippen LogP contribution in [-0.2, 0) is 4.79 Å². The second kappa shape index (κ2) is 7.13. The summed E-state index contributed by atoms with van der Waals surface area (Å²) in [6.07, 6.45) is -0.735. The van der Waals surface area contributed by atoms with Gasteiger partial charge in [-0.05, 0) is 11.6 Å². The van der Waals surface area contributed by atoms with Gasteiger partial charge < -0.3 is 10.4 Å². The van der Waals surface area contributed by atoms with Crippen LogP contribution in [0.1, 0.15) is 23.3 Å². The van der Waals surface area contributed by atoms with E-state index in [1.165, 1.54) is 0 Å². The Bertz CT molecular complexity index is 678. The molecule has 3 rings (SSSR count). The fourth-order valence-corrected chi connectivity index (χ4v) is 3.24. The Morgan fingerprint density at radius 2 is 1.87 bits per heavy atom. The molecule has 1 aliphatic rings. The zero-order valence-electron chi connectivity index (χ0n) is 12.7. The first-order valence-corrected chi connectivity index (χ1v) is 8.04. The van der Waals surface area contributed by atoms with Crippen LogP contribution < -0.4 is 5.32 Å². The second-order valence-electron chi connectivity index (χ2n) is 5.64. The average molecular weight is 331 g/mol. The first-order valence-electron chi connectivity index (χ1n) is 7.66. The number of aliphatic hydroxyl groups excluding tert-OH is 1. The first kappa shape index (κ1) is 16.0. The molecule has 2 aromatic carbocycles. The quantitative estimate of drug-likeness (QED) is 0.906. The molecule has 1 saturated heterocycles. The van der Waals surface area contributed by atoms with Gasteiger partial charge in [-0.2, -0.15) is 0 Å². The lowest BCUT2D eigenvalue weighted by atomic mass is 10.0. The van der Waals surface area contributed by atoms with Gasteiger partial charge in [-0.25, -0.2) is 0 Å². The molecule has 120 valence electrons. The molecule has 4 nitrogen and oxygen atoms in total. The Morgan fingerprint density at radius 3 is 2.61 bits per heavy atom. The standard InChI is InChI=1S/C18H19ClN2O2/c19-15-9-5-4-8-14(15)16(22)12-21-11-10-20-18(23)17(21)13-6-2-1-3-7-13/h1-9,16-17,22H,10-12H2,(H,20,23). The molecular weight excluding hydrogens is 312 g/mol. The molecule has 2 atom stereocenters. The lowest BCUT2D eigenvalue weighted by Gasteiger charge is -2.36. The summed E-state index contributed by atoms with van der Waals surface area (Å²) in [5.74, 6) is -0.0335. The number of β-amino-alcohol motifs (C(OH)–C–C–N with tert-alkyl or cyclic N) is 1. The molecule has 0 spiro atoms. The second-order valence-corrected chi connectivity index (χ2v) is 6.04. The van der Waals surface area contributed by atoms with Gasteiger partial charge in [0.25, 0.3) is 0 Å². The third-order valence-electron chi connectivity index (χ3n) is 4.10. The number of benzene rings is 2. The number of hydrogen-bond donors (Lipinski definition) is 2. The number of rotatable bonds is 4. The molecular formula is C18H19ClN2O2. The van der Waals surface area contributed by atoms with Crippen molar-refractivity contribution in [3.05, 3.63) is 70.7 Å². The van der Waals surface area contributed by atoms with Crippen molar-refractivity contribution in [3.8, 4) is 0 Å². The van der Waals surface area contributed by atoms with Crippen molar-refractivity contribution in [1.82, 2.24) is 10.2 Å². The van der Waals surface area contributed by atoms with E-state index >= 15 is 0 Å².